The van der Waals surface area contributed by atoms with E-state index in [0.29, 0.717) is 23.8 Å². The van der Waals surface area contributed by atoms with Gasteiger partial charge in [-0.25, -0.2) is 13.2 Å². The van der Waals surface area contributed by atoms with Crippen molar-refractivity contribution in [1.82, 2.24) is 4.57 Å². The standard InChI is InChI=1S/C13H20N2O4S/c1-2-20(17,18)7-3-6-19-13(16)12-8-10(14)9-15(12)11-4-5-11/h8-9,11H,2-7,14H2,1H3. The summed E-state index contributed by atoms with van der Waals surface area (Å²) in [5.74, 6) is -0.285. The zero-order valence-corrected chi connectivity index (χ0v) is 12.4. The lowest BCUT2D eigenvalue weighted by Crippen LogP contribution is -2.15. The first-order valence-electron chi connectivity index (χ1n) is 6.78. The van der Waals surface area contributed by atoms with Gasteiger partial charge in [0.25, 0.3) is 0 Å². The smallest absolute Gasteiger partial charge is 0.355 e. The van der Waals surface area contributed by atoms with E-state index in [0.717, 1.165) is 12.8 Å². The molecule has 1 aromatic heterocycles. The highest BCUT2D eigenvalue weighted by Crippen LogP contribution is 2.37. The molecular formula is C13H20N2O4S. The van der Waals surface area contributed by atoms with Crippen LogP contribution >= 0.6 is 0 Å². The summed E-state index contributed by atoms with van der Waals surface area (Å²) in [5, 5.41) is 0. The van der Waals surface area contributed by atoms with Crippen molar-refractivity contribution in [3.8, 4) is 0 Å². The number of aromatic nitrogens is 1. The summed E-state index contributed by atoms with van der Waals surface area (Å²) in [6, 6.07) is 1.94. The van der Waals surface area contributed by atoms with Crippen LogP contribution in [0.4, 0.5) is 5.69 Å². The molecule has 0 aromatic carbocycles. The van der Waals surface area contributed by atoms with Crippen LogP contribution in [0.1, 0.15) is 42.7 Å². The van der Waals surface area contributed by atoms with Crippen molar-refractivity contribution in [2.45, 2.75) is 32.2 Å². The Morgan fingerprint density at radius 2 is 2.20 bits per heavy atom. The molecule has 2 rings (SSSR count). The van der Waals surface area contributed by atoms with Crippen LogP contribution in [0.2, 0.25) is 0 Å². The van der Waals surface area contributed by atoms with Gasteiger partial charge in [-0.05, 0) is 25.3 Å². The van der Waals surface area contributed by atoms with E-state index < -0.39 is 15.8 Å². The number of carbonyl (C=O) groups is 1. The fourth-order valence-electron chi connectivity index (χ4n) is 1.98. The van der Waals surface area contributed by atoms with E-state index in [1.165, 1.54) is 0 Å². The third kappa shape index (κ3) is 3.75. The van der Waals surface area contributed by atoms with E-state index in [4.69, 9.17) is 10.5 Å². The molecule has 7 heteroatoms. The molecule has 0 aliphatic heterocycles. The first-order valence-corrected chi connectivity index (χ1v) is 8.60. The second-order valence-electron chi connectivity index (χ2n) is 5.02. The van der Waals surface area contributed by atoms with Crippen molar-refractivity contribution in [3.05, 3.63) is 18.0 Å². The van der Waals surface area contributed by atoms with Gasteiger partial charge in [-0.15, -0.1) is 0 Å². The zero-order valence-electron chi connectivity index (χ0n) is 11.5. The Morgan fingerprint density at radius 3 is 2.80 bits per heavy atom. The minimum absolute atomic E-state index is 0.0442. The molecular weight excluding hydrogens is 280 g/mol. The summed E-state index contributed by atoms with van der Waals surface area (Å²) in [7, 11) is -3.01. The van der Waals surface area contributed by atoms with Gasteiger partial charge in [-0.1, -0.05) is 6.92 Å². The van der Waals surface area contributed by atoms with E-state index in [2.05, 4.69) is 0 Å². The Bertz CT molecular complexity index is 588. The summed E-state index contributed by atoms with van der Waals surface area (Å²) in [6.07, 6.45) is 4.16. The van der Waals surface area contributed by atoms with Gasteiger partial charge in [-0.2, -0.15) is 0 Å². The van der Waals surface area contributed by atoms with Crippen LogP contribution in [-0.2, 0) is 14.6 Å². The van der Waals surface area contributed by atoms with Gasteiger partial charge in [0.05, 0.1) is 18.0 Å². The third-order valence-corrected chi connectivity index (χ3v) is 5.08. The molecule has 20 heavy (non-hydrogen) atoms. The van der Waals surface area contributed by atoms with Crippen molar-refractivity contribution in [2.75, 3.05) is 23.8 Å². The molecule has 0 spiro atoms. The Kier molecular flexibility index (Phi) is 4.37. The van der Waals surface area contributed by atoms with Gasteiger partial charge in [0, 0.05) is 18.0 Å². The first-order chi connectivity index (χ1) is 9.43. The van der Waals surface area contributed by atoms with Gasteiger partial charge in [0.1, 0.15) is 15.5 Å². The molecule has 1 heterocycles. The number of anilines is 1. The van der Waals surface area contributed by atoms with Gasteiger partial charge < -0.3 is 15.0 Å². The number of ether oxygens (including phenoxy) is 1. The van der Waals surface area contributed by atoms with Crippen LogP contribution in [0.5, 0.6) is 0 Å². The molecule has 2 N–H and O–H groups in total. The minimum Gasteiger partial charge on any atom is -0.461 e. The van der Waals surface area contributed by atoms with Gasteiger partial charge >= 0.3 is 5.97 Å². The van der Waals surface area contributed by atoms with E-state index in [9.17, 15) is 13.2 Å². The molecule has 1 saturated carbocycles. The Hall–Kier alpha value is -1.50. The summed E-state index contributed by atoms with van der Waals surface area (Å²) >= 11 is 0. The number of hydrogen-bond donors (Lipinski definition) is 1. The normalized spacial score (nSPS) is 15.2. The van der Waals surface area contributed by atoms with Crippen LogP contribution < -0.4 is 5.73 Å². The number of hydrogen-bond acceptors (Lipinski definition) is 5. The number of sulfone groups is 1. The van der Waals surface area contributed by atoms with Crippen LogP contribution in [0.25, 0.3) is 0 Å². The lowest BCUT2D eigenvalue weighted by molar-refractivity contribution is 0.0493. The van der Waals surface area contributed by atoms with Crippen molar-refractivity contribution >= 4 is 21.5 Å². The van der Waals surface area contributed by atoms with E-state index in [1.807, 2.05) is 4.57 Å². The van der Waals surface area contributed by atoms with Crippen LogP contribution in [0.3, 0.4) is 0 Å². The van der Waals surface area contributed by atoms with Crippen LogP contribution in [0, 0.1) is 0 Å². The highest BCUT2D eigenvalue weighted by molar-refractivity contribution is 7.91. The molecule has 1 aliphatic carbocycles. The van der Waals surface area contributed by atoms with Gasteiger partial charge in [0.15, 0.2) is 0 Å². The van der Waals surface area contributed by atoms with Crippen LogP contribution in [0.15, 0.2) is 12.3 Å². The maximum atomic E-state index is 12.0. The largest absolute Gasteiger partial charge is 0.461 e. The van der Waals surface area contributed by atoms with E-state index in [1.54, 1.807) is 19.2 Å². The average molecular weight is 300 g/mol. The van der Waals surface area contributed by atoms with Gasteiger partial charge in [-0.3, -0.25) is 0 Å². The fourth-order valence-corrected chi connectivity index (χ4v) is 2.83. The molecule has 0 amide bonds. The maximum absolute atomic E-state index is 12.0. The Labute approximate surface area is 118 Å². The summed E-state index contributed by atoms with van der Waals surface area (Å²) < 4.78 is 29.6. The molecule has 1 aromatic rings. The molecule has 6 nitrogen and oxygen atoms in total. The fraction of sp³-hybridized carbons (Fsp3) is 0.615. The number of nitrogens with zero attached hydrogens (tertiary/aromatic N) is 1. The molecule has 0 bridgehead atoms. The SMILES string of the molecule is CCS(=O)(=O)CCCOC(=O)c1cc(N)cn1C1CC1. The first kappa shape index (κ1) is 14.9. The lowest BCUT2D eigenvalue weighted by Gasteiger charge is -2.08. The van der Waals surface area contributed by atoms with Crippen molar-refractivity contribution in [2.24, 2.45) is 0 Å². The second kappa shape index (κ2) is 5.87. The van der Waals surface area contributed by atoms with Crippen molar-refractivity contribution < 1.29 is 17.9 Å². The Morgan fingerprint density at radius 1 is 1.50 bits per heavy atom. The third-order valence-electron chi connectivity index (χ3n) is 3.29. The number of esters is 1. The zero-order chi connectivity index (χ0) is 14.8. The molecule has 1 fully saturated rings. The monoisotopic (exact) mass is 300 g/mol. The molecule has 112 valence electrons. The van der Waals surface area contributed by atoms with E-state index in [-0.39, 0.29) is 18.1 Å². The average Bonchev–Trinajstić information content (AvgIpc) is 3.17. The number of nitrogens with two attached hydrogens (primary N) is 1. The minimum atomic E-state index is -3.01. The highest BCUT2D eigenvalue weighted by Gasteiger charge is 2.28. The lowest BCUT2D eigenvalue weighted by atomic mass is 10.4. The summed E-state index contributed by atoms with van der Waals surface area (Å²) in [6.45, 7) is 1.71. The number of rotatable bonds is 7. The molecule has 0 unspecified atom stereocenters. The topological polar surface area (TPSA) is 91.4 Å². The number of carbonyl (C=O) groups excluding carboxylic acids is 1. The molecule has 0 saturated heterocycles. The summed E-state index contributed by atoms with van der Waals surface area (Å²) in [5.41, 5.74) is 6.69. The predicted molar refractivity (Wildman–Crippen MR) is 76.3 cm³/mol. The van der Waals surface area contributed by atoms with Crippen molar-refractivity contribution in [3.63, 3.8) is 0 Å². The highest BCUT2D eigenvalue weighted by atomic mass is 32.2. The second-order valence-corrected chi connectivity index (χ2v) is 7.50. The number of nitrogen functional groups attached to an aromatic ring is 1. The quantitative estimate of drug-likeness (QED) is 0.607. The maximum Gasteiger partial charge on any atom is 0.355 e. The molecule has 1 aliphatic rings. The van der Waals surface area contributed by atoms with Gasteiger partial charge in [0.2, 0.25) is 0 Å². The van der Waals surface area contributed by atoms with Crippen molar-refractivity contribution in [1.29, 1.82) is 0 Å². The van der Waals surface area contributed by atoms with E-state index >= 15 is 0 Å². The molecule has 0 atom stereocenters. The predicted octanol–water partition coefficient (Wildman–Crippen LogP) is 1.39. The van der Waals surface area contributed by atoms with Crippen LogP contribution in [-0.4, -0.2) is 37.1 Å². The Balaban J connectivity index is 1.86. The molecule has 0 radical (unpaired) electrons. The summed E-state index contributed by atoms with van der Waals surface area (Å²) in [4.78, 5) is 12.0.